The summed E-state index contributed by atoms with van der Waals surface area (Å²) in [5, 5.41) is 11.5. The summed E-state index contributed by atoms with van der Waals surface area (Å²) in [6.07, 6.45) is 1.72. The van der Waals surface area contributed by atoms with E-state index in [1.807, 2.05) is 12.1 Å². The minimum absolute atomic E-state index is 0.0484. The molecule has 4 aromatic rings. The van der Waals surface area contributed by atoms with Crippen molar-refractivity contribution in [3.05, 3.63) is 82.5 Å². The summed E-state index contributed by atoms with van der Waals surface area (Å²) >= 11 is 0. The Morgan fingerprint density at radius 3 is 2.75 bits per heavy atom. The third-order valence-electron chi connectivity index (χ3n) is 4.40. The Morgan fingerprint density at radius 2 is 1.93 bits per heavy atom. The van der Waals surface area contributed by atoms with Gasteiger partial charge in [0.2, 0.25) is 0 Å². The van der Waals surface area contributed by atoms with Crippen molar-refractivity contribution in [2.75, 3.05) is 5.32 Å². The molecule has 0 saturated heterocycles. The van der Waals surface area contributed by atoms with Crippen LogP contribution in [0.2, 0.25) is 0 Å². The fraction of sp³-hybridized carbons (Fsp3) is 0.143. The molecule has 7 nitrogen and oxygen atoms in total. The lowest BCUT2D eigenvalue weighted by Crippen LogP contribution is -2.20. The van der Waals surface area contributed by atoms with E-state index in [4.69, 9.17) is 4.42 Å². The van der Waals surface area contributed by atoms with Gasteiger partial charge in [0.15, 0.2) is 0 Å². The number of rotatable bonds is 4. The van der Waals surface area contributed by atoms with Gasteiger partial charge in [0.1, 0.15) is 11.1 Å². The molecule has 2 aromatic carbocycles. The molecule has 0 aliphatic carbocycles. The maximum Gasteiger partial charge on any atom is 0.349 e. The Morgan fingerprint density at radius 1 is 1.11 bits per heavy atom. The van der Waals surface area contributed by atoms with E-state index in [1.54, 1.807) is 47.3 Å². The third kappa shape index (κ3) is 3.29. The molecule has 140 valence electrons. The molecule has 2 heterocycles. The molecule has 1 N–H and O–H groups in total. The molecule has 0 aliphatic heterocycles. The van der Waals surface area contributed by atoms with Gasteiger partial charge in [0.05, 0.1) is 17.6 Å². The molecule has 1 amide bonds. The third-order valence-corrected chi connectivity index (χ3v) is 4.40. The van der Waals surface area contributed by atoms with Gasteiger partial charge in [-0.15, -0.1) is 5.10 Å². The first-order chi connectivity index (χ1) is 13.5. The molecular weight excluding hydrogens is 356 g/mol. The molecule has 0 atom stereocenters. The van der Waals surface area contributed by atoms with Crippen molar-refractivity contribution in [3.63, 3.8) is 0 Å². The summed E-state index contributed by atoms with van der Waals surface area (Å²) in [4.78, 5) is 24.8. The lowest BCUT2D eigenvalue weighted by Gasteiger charge is -2.11. The maximum atomic E-state index is 12.6. The quantitative estimate of drug-likeness (QED) is 0.550. The molecule has 0 radical (unpaired) electrons. The molecule has 0 bridgehead atoms. The van der Waals surface area contributed by atoms with Crippen molar-refractivity contribution in [1.82, 2.24) is 15.0 Å². The molecule has 0 fully saturated rings. The second-order valence-electron chi connectivity index (χ2n) is 6.72. The average Bonchev–Trinajstić information content (AvgIpc) is 3.18. The minimum atomic E-state index is -0.675. The SMILES string of the molecule is CC(C)c1cnnn1-c1cccc(NC(=O)c2cc3ccccc3oc2=O)c1. The van der Waals surface area contributed by atoms with Gasteiger partial charge in [-0.2, -0.15) is 0 Å². The number of aromatic nitrogens is 3. The summed E-state index contributed by atoms with van der Waals surface area (Å²) in [7, 11) is 0. The minimum Gasteiger partial charge on any atom is -0.422 e. The largest absolute Gasteiger partial charge is 0.422 e. The summed E-state index contributed by atoms with van der Waals surface area (Å²) in [5.74, 6) is -0.283. The van der Waals surface area contributed by atoms with E-state index in [1.165, 1.54) is 6.07 Å². The molecule has 28 heavy (non-hydrogen) atoms. The van der Waals surface area contributed by atoms with E-state index in [9.17, 15) is 9.59 Å². The Balaban J connectivity index is 1.65. The number of carbonyl (C=O) groups excluding carboxylic acids is 1. The number of anilines is 1. The van der Waals surface area contributed by atoms with Crippen LogP contribution in [0.1, 0.15) is 35.8 Å². The van der Waals surface area contributed by atoms with Gasteiger partial charge >= 0.3 is 5.63 Å². The van der Waals surface area contributed by atoms with Crippen molar-refractivity contribution in [2.45, 2.75) is 19.8 Å². The summed E-state index contributed by atoms with van der Waals surface area (Å²) in [5.41, 5.74) is 1.99. The van der Waals surface area contributed by atoms with Crippen LogP contribution >= 0.6 is 0 Å². The van der Waals surface area contributed by atoms with Gasteiger partial charge in [-0.25, -0.2) is 9.48 Å². The van der Waals surface area contributed by atoms with E-state index in [0.717, 1.165) is 11.4 Å². The van der Waals surface area contributed by atoms with Crippen LogP contribution in [0.15, 0.2) is 70.0 Å². The van der Waals surface area contributed by atoms with Gasteiger partial charge in [-0.1, -0.05) is 43.3 Å². The van der Waals surface area contributed by atoms with Gasteiger partial charge < -0.3 is 9.73 Å². The zero-order valence-electron chi connectivity index (χ0n) is 15.4. The second-order valence-corrected chi connectivity index (χ2v) is 6.72. The Kier molecular flexibility index (Phi) is 4.49. The van der Waals surface area contributed by atoms with E-state index in [-0.39, 0.29) is 11.5 Å². The molecule has 4 rings (SSSR count). The Hall–Kier alpha value is -3.74. The maximum absolute atomic E-state index is 12.6. The number of hydrogen-bond donors (Lipinski definition) is 1. The first-order valence-electron chi connectivity index (χ1n) is 8.88. The zero-order chi connectivity index (χ0) is 19.7. The number of carbonyl (C=O) groups is 1. The number of hydrogen-bond acceptors (Lipinski definition) is 5. The zero-order valence-corrected chi connectivity index (χ0v) is 15.4. The van der Waals surface area contributed by atoms with Crippen molar-refractivity contribution >= 4 is 22.6 Å². The smallest absolute Gasteiger partial charge is 0.349 e. The van der Waals surface area contributed by atoms with Crippen molar-refractivity contribution in [2.24, 2.45) is 0 Å². The lowest BCUT2D eigenvalue weighted by molar-refractivity contribution is 0.102. The molecule has 0 unspecified atom stereocenters. The van der Waals surface area contributed by atoms with E-state index in [0.29, 0.717) is 16.7 Å². The summed E-state index contributed by atoms with van der Waals surface area (Å²) < 4.78 is 6.96. The van der Waals surface area contributed by atoms with E-state index < -0.39 is 11.5 Å². The number of nitrogens with zero attached hydrogens (tertiary/aromatic N) is 3. The number of fused-ring (bicyclic) bond motifs is 1. The normalized spacial score (nSPS) is 11.1. The van der Waals surface area contributed by atoms with Crippen LogP contribution in [0.5, 0.6) is 0 Å². The standard InChI is InChI=1S/C21H18N4O3/c1-13(2)18-12-22-24-25(18)16-8-5-7-15(11-16)23-20(26)17-10-14-6-3-4-9-19(14)28-21(17)27/h3-13H,1-2H3,(H,23,26). The molecule has 0 saturated carbocycles. The predicted octanol–water partition coefficient (Wildman–Crippen LogP) is 3.75. The number of benzene rings is 2. The molecule has 7 heteroatoms. The molecule has 2 aromatic heterocycles. The van der Waals surface area contributed by atoms with Crippen molar-refractivity contribution < 1.29 is 9.21 Å². The number of para-hydroxylation sites is 1. The summed E-state index contributed by atoms with van der Waals surface area (Å²) in [6, 6.07) is 15.8. The highest BCUT2D eigenvalue weighted by Gasteiger charge is 2.15. The first-order valence-corrected chi connectivity index (χ1v) is 8.88. The van der Waals surface area contributed by atoms with Crippen LogP contribution in [-0.2, 0) is 0 Å². The van der Waals surface area contributed by atoms with Gasteiger partial charge in [0.25, 0.3) is 5.91 Å². The van der Waals surface area contributed by atoms with Crippen molar-refractivity contribution in [3.8, 4) is 5.69 Å². The van der Waals surface area contributed by atoms with Crippen LogP contribution in [0.3, 0.4) is 0 Å². The Bertz CT molecular complexity index is 1220. The molecule has 0 aliphatic rings. The average molecular weight is 374 g/mol. The van der Waals surface area contributed by atoms with Crippen LogP contribution in [-0.4, -0.2) is 20.9 Å². The van der Waals surface area contributed by atoms with E-state index >= 15 is 0 Å². The molecular formula is C21H18N4O3. The highest BCUT2D eigenvalue weighted by molar-refractivity contribution is 6.05. The van der Waals surface area contributed by atoms with E-state index in [2.05, 4.69) is 29.5 Å². The van der Waals surface area contributed by atoms with Gasteiger partial charge in [-0.05, 0) is 36.2 Å². The van der Waals surface area contributed by atoms with Crippen LogP contribution in [0, 0.1) is 0 Å². The van der Waals surface area contributed by atoms with Crippen LogP contribution in [0.4, 0.5) is 5.69 Å². The van der Waals surface area contributed by atoms with Crippen molar-refractivity contribution in [1.29, 1.82) is 0 Å². The van der Waals surface area contributed by atoms with Gasteiger partial charge in [0, 0.05) is 11.1 Å². The number of nitrogens with one attached hydrogen (secondary N) is 1. The molecule has 0 spiro atoms. The topological polar surface area (TPSA) is 90.0 Å². The summed E-state index contributed by atoms with van der Waals surface area (Å²) in [6.45, 7) is 4.11. The first kappa shape index (κ1) is 17.7. The lowest BCUT2D eigenvalue weighted by atomic mass is 10.1. The van der Waals surface area contributed by atoms with Crippen LogP contribution < -0.4 is 10.9 Å². The predicted molar refractivity (Wildman–Crippen MR) is 106 cm³/mol. The monoisotopic (exact) mass is 374 g/mol. The Labute approximate surface area is 160 Å². The fourth-order valence-corrected chi connectivity index (χ4v) is 2.97. The number of amides is 1. The highest BCUT2D eigenvalue weighted by atomic mass is 16.4. The second kappa shape index (κ2) is 7.11. The van der Waals surface area contributed by atoms with Gasteiger partial charge in [-0.3, -0.25) is 4.79 Å². The highest BCUT2D eigenvalue weighted by Crippen LogP contribution is 2.20. The fourth-order valence-electron chi connectivity index (χ4n) is 2.97. The van der Waals surface area contributed by atoms with Crippen LogP contribution in [0.25, 0.3) is 16.7 Å².